The molecule has 2 heterocycles. The van der Waals surface area contributed by atoms with Crippen LogP contribution in [0.25, 0.3) is 17.4 Å². The molecule has 0 unspecified atom stereocenters. The van der Waals surface area contributed by atoms with Gasteiger partial charge in [-0.3, -0.25) is 9.69 Å². The van der Waals surface area contributed by atoms with Crippen LogP contribution >= 0.6 is 35.0 Å². The van der Waals surface area contributed by atoms with Crippen molar-refractivity contribution in [3.63, 3.8) is 0 Å². The van der Waals surface area contributed by atoms with Crippen LogP contribution in [0.2, 0.25) is 10.0 Å². The van der Waals surface area contributed by atoms with Crippen molar-refractivity contribution in [3.8, 4) is 11.3 Å². The summed E-state index contributed by atoms with van der Waals surface area (Å²) in [5, 5.41) is 1.84. The maximum absolute atomic E-state index is 13.6. The van der Waals surface area contributed by atoms with Crippen molar-refractivity contribution in [2.75, 3.05) is 0 Å². The number of benzene rings is 2. The first kappa shape index (κ1) is 24.2. The van der Waals surface area contributed by atoms with Gasteiger partial charge in [-0.25, -0.2) is 4.99 Å². The van der Waals surface area contributed by atoms with E-state index in [1.807, 2.05) is 47.4 Å². The second-order valence-corrected chi connectivity index (χ2v) is 10.6. The lowest BCUT2D eigenvalue weighted by Crippen LogP contribution is -2.40. The summed E-state index contributed by atoms with van der Waals surface area (Å²) in [6, 6.07) is 17.3. The predicted molar refractivity (Wildman–Crippen MR) is 146 cm³/mol. The van der Waals surface area contributed by atoms with E-state index in [4.69, 9.17) is 32.6 Å². The molecule has 0 N–H and O–H groups in total. The van der Waals surface area contributed by atoms with E-state index in [0.29, 0.717) is 26.5 Å². The number of aliphatic imine (C=N–C) groups is 1. The molecule has 5 rings (SSSR count). The number of nitrogens with zero attached hydrogens (tertiary/aromatic N) is 2. The summed E-state index contributed by atoms with van der Waals surface area (Å²) in [5.74, 6) is 1.22. The first-order valence-electron chi connectivity index (χ1n) is 12.0. The number of halogens is 2. The second-order valence-electron chi connectivity index (χ2n) is 8.78. The Hall–Kier alpha value is -2.47. The summed E-state index contributed by atoms with van der Waals surface area (Å²) in [4.78, 5) is 21.1. The minimum absolute atomic E-state index is 0.00268. The van der Waals surface area contributed by atoms with Crippen LogP contribution in [-0.4, -0.2) is 22.0 Å². The van der Waals surface area contributed by atoms with E-state index in [9.17, 15) is 4.79 Å². The summed E-state index contributed by atoms with van der Waals surface area (Å²) in [6.07, 6.45) is 8.22. The lowest BCUT2D eigenvalue weighted by molar-refractivity contribution is -0.124. The molecule has 1 saturated heterocycles. The van der Waals surface area contributed by atoms with Crippen molar-refractivity contribution in [2.24, 2.45) is 4.99 Å². The smallest absolute Gasteiger partial charge is 0.267 e. The summed E-state index contributed by atoms with van der Waals surface area (Å²) in [5.41, 5.74) is 2.85. The van der Waals surface area contributed by atoms with Crippen molar-refractivity contribution in [1.29, 1.82) is 0 Å². The van der Waals surface area contributed by atoms with Crippen LogP contribution < -0.4 is 0 Å². The Balaban J connectivity index is 1.48. The summed E-state index contributed by atoms with van der Waals surface area (Å²) >= 11 is 13.8. The number of rotatable bonds is 5. The summed E-state index contributed by atoms with van der Waals surface area (Å²) in [6.45, 7) is 2.12. The highest BCUT2D eigenvalue weighted by Gasteiger charge is 2.39. The molecule has 1 saturated carbocycles. The molecular weight excluding hydrogens is 499 g/mol. The van der Waals surface area contributed by atoms with Crippen LogP contribution in [-0.2, 0) is 11.2 Å². The van der Waals surface area contributed by atoms with Crippen molar-refractivity contribution < 1.29 is 9.21 Å². The third-order valence-electron chi connectivity index (χ3n) is 6.46. The van der Waals surface area contributed by atoms with Crippen molar-refractivity contribution >= 4 is 57.8 Å². The lowest BCUT2D eigenvalue weighted by atomic mass is 9.94. The molecule has 3 aromatic rings. The van der Waals surface area contributed by atoms with Gasteiger partial charge < -0.3 is 4.42 Å². The highest BCUT2D eigenvalue weighted by molar-refractivity contribution is 8.18. The molecule has 1 aliphatic heterocycles. The van der Waals surface area contributed by atoms with Crippen molar-refractivity contribution in [1.82, 2.24) is 4.90 Å². The molecule has 1 aliphatic carbocycles. The number of amides is 1. The average molecular weight is 526 g/mol. The number of carbonyl (C=O) groups is 1. The monoisotopic (exact) mass is 524 g/mol. The SMILES string of the molecule is CCc1ccccc1N=C1S/C(=C/c2ccc(-c3ccc(Cl)cc3Cl)o2)C(=O)N1C1CCCCC1. The van der Waals surface area contributed by atoms with Crippen LogP contribution in [0.3, 0.4) is 0 Å². The number of hydrogen-bond acceptors (Lipinski definition) is 4. The normalized spacial score (nSPS) is 19.3. The molecule has 2 aliphatic rings. The largest absolute Gasteiger partial charge is 0.457 e. The number of thioether (sulfide) groups is 1. The lowest BCUT2D eigenvalue weighted by Gasteiger charge is -2.30. The number of carbonyl (C=O) groups excluding carboxylic acids is 1. The van der Waals surface area contributed by atoms with E-state index < -0.39 is 0 Å². The number of amidine groups is 1. The van der Waals surface area contributed by atoms with Gasteiger partial charge in [-0.2, -0.15) is 0 Å². The molecular formula is C28H26Cl2N2O2S. The van der Waals surface area contributed by atoms with Gasteiger partial charge in [0.2, 0.25) is 0 Å². The van der Waals surface area contributed by atoms with Crippen LogP contribution in [0.4, 0.5) is 5.69 Å². The second kappa shape index (κ2) is 10.7. The van der Waals surface area contributed by atoms with Gasteiger partial charge in [0.25, 0.3) is 5.91 Å². The molecule has 35 heavy (non-hydrogen) atoms. The zero-order chi connectivity index (χ0) is 24.4. The molecule has 1 amide bonds. The van der Waals surface area contributed by atoms with Crippen LogP contribution in [0.1, 0.15) is 50.4 Å². The molecule has 7 heteroatoms. The highest BCUT2D eigenvalue weighted by atomic mass is 35.5. The van der Waals surface area contributed by atoms with Crippen LogP contribution in [0.5, 0.6) is 0 Å². The maximum atomic E-state index is 13.6. The molecule has 2 fully saturated rings. The van der Waals surface area contributed by atoms with E-state index in [2.05, 4.69) is 13.0 Å². The highest BCUT2D eigenvalue weighted by Crippen LogP contribution is 2.40. The molecule has 2 aromatic carbocycles. The molecule has 0 bridgehead atoms. The zero-order valence-electron chi connectivity index (χ0n) is 19.5. The van der Waals surface area contributed by atoms with Gasteiger partial charge in [-0.05, 0) is 73.0 Å². The van der Waals surface area contributed by atoms with E-state index in [0.717, 1.165) is 48.5 Å². The van der Waals surface area contributed by atoms with Gasteiger partial charge in [-0.1, -0.05) is 67.6 Å². The third-order valence-corrected chi connectivity index (χ3v) is 7.99. The van der Waals surface area contributed by atoms with Crippen LogP contribution in [0.15, 0.2) is 68.9 Å². The molecule has 0 atom stereocenters. The average Bonchev–Trinajstić information content (AvgIpc) is 3.44. The van der Waals surface area contributed by atoms with Gasteiger partial charge in [0, 0.05) is 22.7 Å². The van der Waals surface area contributed by atoms with E-state index in [1.165, 1.54) is 23.7 Å². The molecule has 1 aromatic heterocycles. The van der Waals surface area contributed by atoms with E-state index in [-0.39, 0.29) is 11.9 Å². The Kier molecular flexibility index (Phi) is 7.37. The Bertz CT molecular complexity index is 1310. The zero-order valence-corrected chi connectivity index (χ0v) is 21.8. The standard InChI is InChI=1S/C28H26Cl2N2O2S/c1-2-18-8-6-7-11-24(18)31-28-32(20-9-4-3-5-10-20)27(33)26(35-28)17-21-13-15-25(34-21)22-14-12-19(29)16-23(22)30/h6-8,11-17,20H,2-5,9-10H2,1H3/b26-17+,31-28?. The maximum Gasteiger partial charge on any atom is 0.267 e. The fourth-order valence-electron chi connectivity index (χ4n) is 4.64. The number of hydrogen-bond donors (Lipinski definition) is 0. The van der Waals surface area contributed by atoms with E-state index >= 15 is 0 Å². The van der Waals surface area contributed by atoms with Gasteiger partial charge in [-0.15, -0.1) is 0 Å². The van der Waals surface area contributed by atoms with Crippen LogP contribution in [0, 0.1) is 0 Å². The van der Waals surface area contributed by atoms with E-state index in [1.54, 1.807) is 12.1 Å². The minimum atomic E-state index is -0.00268. The molecule has 4 nitrogen and oxygen atoms in total. The van der Waals surface area contributed by atoms with Gasteiger partial charge >= 0.3 is 0 Å². The predicted octanol–water partition coefficient (Wildman–Crippen LogP) is 8.75. The Labute approximate surface area is 220 Å². The quantitative estimate of drug-likeness (QED) is 0.313. The summed E-state index contributed by atoms with van der Waals surface area (Å²) in [7, 11) is 0. The number of furan rings is 1. The fraction of sp³-hybridized carbons (Fsp3) is 0.286. The van der Waals surface area contributed by atoms with Gasteiger partial charge in [0.15, 0.2) is 5.17 Å². The first-order valence-corrected chi connectivity index (χ1v) is 13.6. The number of para-hydroxylation sites is 1. The van der Waals surface area contributed by atoms with Crippen molar-refractivity contribution in [2.45, 2.75) is 51.5 Å². The third kappa shape index (κ3) is 5.23. The molecule has 180 valence electrons. The molecule has 0 radical (unpaired) electrons. The summed E-state index contributed by atoms with van der Waals surface area (Å²) < 4.78 is 6.04. The first-order chi connectivity index (χ1) is 17.0. The van der Waals surface area contributed by atoms with Gasteiger partial charge in [0.1, 0.15) is 11.5 Å². The molecule has 0 spiro atoms. The Morgan fingerprint density at radius 1 is 1.09 bits per heavy atom. The Morgan fingerprint density at radius 2 is 1.89 bits per heavy atom. The Morgan fingerprint density at radius 3 is 2.66 bits per heavy atom. The topological polar surface area (TPSA) is 45.8 Å². The van der Waals surface area contributed by atoms with Crippen molar-refractivity contribution in [3.05, 3.63) is 80.9 Å². The minimum Gasteiger partial charge on any atom is -0.457 e. The number of aryl methyl sites for hydroxylation is 1. The fourth-order valence-corrected chi connectivity index (χ4v) is 6.17. The van der Waals surface area contributed by atoms with Gasteiger partial charge in [0.05, 0.1) is 15.6 Å².